The highest BCUT2D eigenvalue weighted by atomic mass is 16.2. The Bertz CT molecular complexity index is 579. The van der Waals surface area contributed by atoms with Crippen molar-refractivity contribution in [3.63, 3.8) is 0 Å². The van der Waals surface area contributed by atoms with E-state index in [2.05, 4.69) is 9.97 Å². The second-order valence-corrected chi connectivity index (χ2v) is 4.76. The van der Waals surface area contributed by atoms with Gasteiger partial charge in [-0.05, 0) is 25.0 Å². The van der Waals surface area contributed by atoms with Crippen molar-refractivity contribution in [3.8, 4) is 5.82 Å². The minimum atomic E-state index is 0.112. The van der Waals surface area contributed by atoms with E-state index in [4.69, 9.17) is 0 Å². The first-order valence-corrected chi connectivity index (χ1v) is 6.48. The molecule has 1 atom stereocenters. The Labute approximate surface area is 111 Å². The molecule has 3 heterocycles. The van der Waals surface area contributed by atoms with Gasteiger partial charge in [0, 0.05) is 25.9 Å². The van der Waals surface area contributed by atoms with E-state index in [1.165, 1.54) is 0 Å². The van der Waals surface area contributed by atoms with E-state index in [1.807, 2.05) is 33.9 Å². The van der Waals surface area contributed by atoms with Gasteiger partial charge in [-0.1, -0.05) is 6.07 Å². The predicted molar refractivity (Wildman–Crippen MR) is 70.7 cm³/mol. The minimum Gasteiger partial charge on any atom is -0.334 e. The van der Waals surface area contributed by atoms with Crippen LogP contribution in [0.2, 0.25) is 0 Å². The van der Waals surface area contributed by atoms with Crippen LogP contribution in [0.15, 0.2) is 36.9 Å². The van der Waals surface area contributed by atoms with Crippen LogP contribution in [-0.4, -0.2) is 31.9 Å². The Hall–Kier alpha value is -2.17. The van der Waals surface area contributed by atoms with Gasteiger partial charge in [0.1, 0.15) is 12.1 Å². The standard InChI is InChI=1S/C14H16N4O/c1-11(19)18-8-3-5-13(18)12-4-2-6-14(16-12)17-9-7-15-10-17/h2,4,6-7,9-10,13H,3,5,8H2,1H3. The zero-order valence-corrected chi connectivity index (χ0v) is 10.9. The second kappa shape index (κ2) is 4.84. The summed E-state index contributed by atoms with van der Waals surface area (Å²) in [6, 6.07) is 6.03. The van der Waals surface area contributed by atoms with E-state index >= 15 is 0 Å². The van der Waals surface area contributed by atoms with Crippen LogP contribution in [0.3, 0.4) is 0 Å². The Morgan fingerprint density at radius 2 is 2.32 bits per heavy atom. The molecule has 1 aliphatic rings. The molecular weight excluding hydrogens is 240 g/mol. The molecule has 0 aromatic carbocycles. The normalized spacial score (nSPS) is 18.8. The molecular formula is C14H16N4O. The van der Waals surface area contributed by atoms with Gasteiger partial charge in [-0.3, -0.25) is 9.36 Å². The monoisotopic (exact) mass is 256 g/mol. The van der Waals surface area contributed by atoms with Crippen molar-refractivity contribution in [1.29, 1.82) is 0 Å². The molecule has 19 heavy (non-hydrogen) atoms. The number of nitrogens with zero attached hydrogens (tertiary/aromatic N) is 4. The fourth-order valence-corrected chi connectivity index (χ4v) is 2.61. The van der Waals surface area contributed by atoms with Crippen molar-refractivity contribution < 1.29 is 4.79 Å². The third-order valence-corrected chi connectivity index (χ3v) is 3.52. The number of carbonyl (C=O) groups is 1. The van der Waals surface area contributed by atoms with E-state index in [9.17, 15) is 4.79 Å². The lowest BCUT2D eigenvalue weighted by molar-refractivity contribution is -0.129. The van der Waals surface area contributed by atoms with E-state index in [-0.39, 0.29) is 11.9 Å². The largest absolute Gasteiger partial charge is 0.334 e. The minimum absolute atomic E-state index is 0.112. The lowest BCUT2D eigenvalue weighted by Gasteiger charge is -2.23. The fraction of sp³-hybridized carbons (Fsp3) is 0.357. The quantitative estimate of drug-likeness (QED) is 0.825. The number of aromatic nitrogens is 3. The first-order valence-electron chi connectivity index (χ1n) is 6.48. The number of carbonyl (C=O) groups excluding carboxylic acids is 1. The van der Waals surface area contributed by atoms with E-state index in [0.29, 0.717) is 0 Å². The summed E-state index contributed by atoms with van der Waals surface area (Å²) in [6.07, 6.45) is 7.35. The van der Waals surface area contributed by atoms with Crippen LogP contribution in [-0.2, 0) is 4.79 Å². The maximum absolute atomic E-state index is 11.6. The lowest BCUT2D eigenvalue weighted by atomic mass is 10.1. The van der Waals surface area contributed by atoms with Gasteiger partial charge < -0.3 is 4.90 Å². The highest BCUT2D eigenvalue weighted by molar-refractivity contribution is 5.74. The number of amides is 1. The van der Waals surface area contributed by atoms with Crippen molar-refractivity contribution >= 4 is 5.91 Å². The molecule has 5 heteroatoms. The van der Waals surface area contributed by atoms with E-state index in [1.54, 1.807) is 19.4 Å². The molecule has 2 aromatic heterocycles. The van der Waals surface area contributed by atoms with Gasteiger partial charge in [-0.25, -0.2) is 9.97 Å². The summed E-state index contributed by atoms with van der Waals surface area (Å²) in [5.41, 5.74) is 0.957. The first-order chi connectivity index (χ1) is 9.25. The molecule has 2 aromatic rings. The number of likely N-dealkylation sites (tertiary alicyclic amines) is 1. The highest BCUT2D eigenvalue weighted by Gasteiger charge is 2.28. The number of hydrogen-bond acceptors (Lipinski definition) is 3. The second-order valence-electron chi connectivity index (χ2n) is 4.76. The van der Waals surface area contributed by atoms with E-state index in [0.717, 1.165) is 30.9 Å². The van der Waals surface area contributed by atoms with Gasteiger partial charge in [-0.2, -0.15) is 0 Å². The van der Waals surface area contributed by atoms with Gasteiger partial charge in [-0.15, -0.1) is 0 Å². The van der Waals surface area contributed by atoms with Gasteiger partial charge in [0.15, 0.2) is 0 Å². The molecule has 0 radical (unpaired) electrons. The van der Waals surface area contributed by atoms with Crippen molar-refractivity contribution in [2.45, 2.75) is 25.8 Å². The maximum atomic E-state index is 11.6. The Morgan fingerprint density at radius 3 is 3.05 bits per heavy atom. The summed E-state index contributed by atoms with van der Waals surface area (Å²) < 4.78 is 1.87. The Morgan fingerprint density at radius 1 is 1.42 bits per heavy atom. The smallest absolute Gasteiger partial charge is 0.220 e. The molecule has 1 unspecified atom stereocenters. The average Bonchev–Trinajstić information content (AvgIpc) is 3.10. The first kappa shape index (κ1) is 11.9. The van der Waals surface area contributed by atoms with E-state index < -0.39 is 0 Å². The van der Waals surface area contributed by atoms with Crippen LogP contribution < -0.4 is 0 Å². The summed E-state index contributed by atoms with van der Waals surface area (Å²) in [5, 5.41) is 0. The predicted octanol–water partition coefficient (Wildman–Crippen LogP) is 1.95. The van der Waals surface area contributed by atoms with Gasteiger partial charge in [0.25, 0.3) is 0 Å². The Kier molecular flexibility index (Phi) is 3.03. The molecule has 1 amide bonds. The molecule has 1 aliphatic heterocycles. The van der Waals surface area contributed by atoms with Crippen LogP contribution in [0.1, 0.15) is 31.5 Å². The van der Waals surface area contributed by atoms with Gasteiger partial charge in [0.05, 0.1) is 11.7 Å². The molecule has 0 N–H and O–H groups in total. The zero-order chi connectivity index (χ0) is 13.2. The SMILES string of the molecule is CC(=O)N1CCCC1c1cccc(-n2ccnc2)n1. The summed E-state index contributed by atoms with van der Waals surface area (Å²) in [6.45, 7) is 2.45. The third kappa shape index (κ3) is 2.23. The summed E-state index contributed by atoms with van der Waals surface area (Å²) >= 11 is 0. The number of pyridine rings is 1. The molecule has 0 aliphatic carbocycles. The summed E-state index contributed by atoms with van der Waals surface area (Å²) in [5.74, 6) is 0.961. The van der Waals surface area contributed by atoms with Crippen LogP contribution >= 0.6 is 0 Å². The van der Waals surface area contributed by atoms with Crippen molar-refractivity contribution in [1.82, 2.24) is 19.4 Å². The topological polar surface area (TPSA) is 51.0 Å². The molecule has 3 rings (SSSR count). The average molecular weight is 256 g/mol. The molecule has 1 saturated heterocycles. The van der Waals surface area contributed by atoms with Crippen LogP contribution in [0.25, 0.3) is 5.82 Å². The van der Waals surface area contributed by atoms with Crippen LogP contribution in [0.4, 0.5) is 0 Å². The molecule has 0 saturated carbocycles. The lowest BCUT2D eigenvalue weighted by Crippen LogP contribution is -2.28. The Balaban J connectivity index is 1.93. The molecule has 0 spiro atoms. The van der Waals surface area contributed by atoms with Crippen molar-refractivity contribution in [2.75, 3.05) is 6.54 Å². The molecule has 98 valence electrons. The highest BCUT2D eigenvalue weighted by Crippen LogP contribution is 2.30. The zero-order valence-electron chi connectivity index (χ0n) is 10.9. The molecule has 0 bridgehead atoms. The number of imidazole rings is 1. The van der Waals surface area contributed by atoms with Crippen molar-refractivity contribution in [2.24, 2.45) is 0 Å². The number of hydrogen-bond donors (Lipinski definition) is 0. The third-order valence-electron chi connectivity index (χ3n) is 3.52. The van der Waals surface area contributed by atoms with Gasteiger partial charge >= 0.3 is 0 Å². The number of rotatable bonds is 2. The van der Waals surface area contributed by atoms with Gasteiger partial charge in [0.2, 0.25) is 5.91 Å². The van der Waals surface area contributed by atoms with Crippen LogP contribution in [0, 0.1) is 0 Å². The summed E-state index contributed by atoms with van der Waals surface area (Å²) in [4.78, 5) is 22.2. The fourth-order valence-electron chi connectivity index (χ4n) is 2.61. The van der Waals surface area contributed by atoms with Crippen molar-refractivity contribution in [3.05, 3.63) is 42.6 Å². The van der Waals surface area contributed by atoms with Crippen LogP contribution in [0.5, 0.6) is 0 Å². The maximum Gasteiger partial charge on any atom is 0.220 e. The summed E-state index contributed by atoms with van der Waals surface area (Å²) in [7, 11) is 0. The molecule has 1 fully saturated rings. The molecule has 5 nitrogen and oxygen atoms in total.